The maximum Gasteiger partial charge on any atom is 0.165 e. The van der Waals surface area contributed by atoms with Gasteiger partial charge in [-0.2, -0.15) is 0 Å². The first kappa shape index (κ1) is 12.5. The molecule has 1 aromatic heterocycles. The predicted octanol–water partition coefficient (Wildman–Crippen LogP) is 3.45. The number of benzene rings is 2. The Kier molecular flexibility index (Phi) is 3.29. The van der Waals surface area contributed by atoms with Crippen molar-refractivity contribution in [2.24, 2.45) is 0 Å². The highest BCUT2D eigenvalue weighted by atomic mass is 19.1. The largest absolute Gasteiger partial charge is 0.337 e. The van der Waals surface area contributed by atoms with Crippen LogP contribution in [0.25, 0.3) is 10.8 Å². The molecule has 0 aliphatic heterocycles. The van der Waals surface area contributed by atoms with Crippen molar-refractivity contribution in [3.8, 4) is 0 Å². The molecule has 3 rings (SSSR count). The number of imidazole rings is 1. The lowest BCUT2D eigenvalue weighted by molar-refractivity contribution is 0.0978. The fourth-order valence-corrected chi connectivity index (χ4v) is 2.29. The number of carbonyl (C=O) groups is 1. The van der Waals surface area contributed by atoms with Gasteiger partial charge in [0, 0.05) is 36.3 Å². The summed E-state index contributed by atoms with van der Waals surface area (Å²) in [5.41, 5.74) is 0.571. The monoisotopic (exact) mass is 268 g/mol. The van der Waals surface area contributed by atoms with Crippen molar-refractivity contribution in [2.45, 2.75) is 13.0 Å². The Bertz CT molecular complexity index is 750. The number of rotatable bonds is 4. The van der Waals surface area contributed by atoms with Gasteiger partial charge in [-0.15, -0.1) is 0 Å². The van der Waals surface area contributed by atoms with Crippen molar-refractivity contribution < 1.29 is 9.18 Å². The van der Waals surface area contributed by atoms with Gasteiger partial charge in [0.1, 0.15) is 5.82 Å². The van der Waals surface area contributed by atoms with Gasteiger partial charge in [0.05, 0.1) is 6.33 Å². The number of Topliss-reactive ketones (excluding diaryl/α,β-unsaturated/α-hetero) is 1. The second-order valence-electron chi connectivity index (χ2n) is 4.61. The zero-order chi connectivity index (χ0) is 13.9. The summed E-state index contributed by atoms with van der Waals surface area (Å²) >= 11 is 0. The van der Waals surface area contributed by atoms with Gasteiger partial charge < -0.3 is 4.57 Å². The molecule has 2 aromatic carbocycles. The van der Waals surface area contributed by atoms with Crippen molar-refractivity contribution in [1.82, 2.24) is 9.55 Å². The van der Waals surface area contributed by atoms with Gasteiger partial charge >= 0.3 is 0 Å². The molecule has 0 saturated heterocycles. The van der Waals surface area contributed by atoms with Gasteiger partial charge in [-0.05, 0) is 17.5 Å². The number of ketones is 1. The van der Waals surface area contributed by atoms with Crippen LogP contribution in [0, 0.1) is 5.82 Å². The van der Waals surface area contributed by atoms with Gasteiger partial charge in [0.15, 0.2) is 5.78 Å². The first-order chi connectivity index (χ1) is 9.75. The van der Waals surface area contributed by atoms with Gasteiger partial charge in [0.25, 0.3) is 0 Å². The fourth-order valence-electron chi connectivity index (χ4n) is 2.29. The summed E-state index contributed by atoms with van der Waals surface area (Å²) in [5, 5.41) is 1.16. The maximum atomic E-state index is 13.7. The molecule has 0 fully saturated rings. The van der Waals surface area contributed by atoms with Crippen molar-refractivity contribution in [3.05, 3.63) is 66.5 Å². The molecule has 100 valence electrons. The summed E-state index contributed by atoms with van der Waals surface area (Å²) in [7, 11) is 0. The van der Waals surface area contributed by atoms with E-state index in [4.69, 9.17) is 0 Å². The smallest absolute Gasteiger partial charge is 0.165 e. The number of hydrogen-bond donors (Lipinski definition) is 0. The number of nitrogens with zero attached hydrogens (tertiary/aromatic N) is 2. The van der Waals surface area contributed by atoms with E-state index < -0.39 is 0 Å². The molecular formula is C16H13FN2O. The summed E-state index contributed by atoms with van der Waals surface area (Å²) in [6.45, 7) is 0.574. The SMILES string of the molecule is O=C(CCn1ccnc1)c1ccc(F)c2ccccc12. The minimum absolute atomic E-state index is 0.00917. The van der Waals surface area contributed by atoms with E-state index in [2.05, 4.69) is 4.98 Å². The van der Waals surface area contributed by atoms with E-state index in [0.717, 1.165) is 0 Å². The topological polar surface area (TPSA) is 34.9 Å². The summed E-state index contributed by atoms with van der Waals surface area (Å²) in [4.78, 5) is 16.2. The molecule has 0 aliphatic rings. The summed E-state index contributed by atoms with van der Waals surface area (Å²) in [5.74, 6) is -0.290. The zero-order valence-electron chi connectivity index (χ0n) is 10.8. The first-order valence-corrected chi connectivity index (χ1v) is 6.42. The van der Waals surface area contributed by atoms with E-state index in [1.165, 1.54) is 6.07 Å². The molecule has 0 bridgehead atoms. The minimum Gasteiger partial charge on any atom is -0.337 e. The van der Waals surface area contributed by atoms with Crippen LogP contribution in [0.15, 0.2) is 55.1 Å². The highest BCUT2D eigenvalue weighted by Gasteiger charge is 2.12. The van der Waals surface area contributed by atoms with E-state index in [0.29, 0.717) is 29.3 Å². The predicted molar refractivity (Wildman–Crippen MR) is 75.1 cm³/mol. The van der Waals surface area contributed by atoms with Crippen molar-refractivity contribution >= 4 is 16.6 Å². The Morgan fingerprint density at radius 3 is 2.70 bits per heavy atom. The van der Waals surface area contributed by atoms with Crippen molar-refractivity contribution in [2.75, 3.05) is 0 Å². The van der Waals surface area contributed by atoms with Crippen LogP contribution >= 0.6 is 0 Å². The molecule has 0 spiro atoms. The molecule has 0 saturated carbocycles. The zero-order valence-corrected chi connectivity index (χ0v) is 10.8. The third-order valence-electron chi connectivity index (χ3n) is 3.33. The van der Waals surface area contributed by atoms with E-state index in [1.807, 2.05) is 16.8 Å². The van der Waals surface area contributed by atoms with E-state index in [1.54, 1.807) is 36.8 Å². The molecular weight excluding hydrogens is 255 g/mol. The van der Waals surface area contributed by atoms with E-state index in [-0.39, 0.29) is 11.6 Å². The summed E-state index contributed by atoms with van der Waals surface area (Å²) in [6.07, 6.45) is 5.54. The summed E-state index contributed by atoms with van der Waals surface area (Å²) < 4.78 is 15.6. The van der Waals surface area contributed by atoms with Crippen LogP contribution in [0.2, 0.25) is 0 Å². The average molecular weight is 268 g/mol. The lowest BCUT2D eigenvalue weighted by atomic mass is 9.99. The minimum atomic E-state index is -0.299. The van der Waals surface area contributed by atoms with Crippen molar-refractivity contribution in [1.29, 1.82) is 0 Å². The van der Waals surface area contributed by atoms with E-state index in [9.17, 15) is 9.18 Å². The van der Waals surface area contributed by atoms with Crippen LogP contribution in [0.1, 0.15) is 16.8 Å². The van der Waals surface area contributed by atoms with Crippen LogP contribution in [-0.2, 0) is 6.54 Å². The number of carbonyl (C=O) groups excluding carboxylic acids is 1. The molecule has 3 nitrogen and oxygen atoms in total. The Balaban J connectivity index is 1.90. The third-order valence-corrected chi connectivity index (χ3v) is 3.33. The van der Waals surface area contributed by atoms with Gasteiger partial charge in [0.2, 0.25) is 0 Å². The average Bonchev–Trinajstić information content (AvgIpc) is 2.99. The van der Waals surface area contributed by atoms with Gasteiger partial charge in [-0.1, -0.05) is 24.3 Å². The molecule has 1 heterocycles. The van der Waals surface area contributed by atoms with Crippen LogP contribution in [-0.4, -0.2) is 15.3 Å². The highest BCUT2D eigenvalue weighted by molar-refractivity contribution is 6.08. The van der Waals surface area contributed by atoms with Crippen LogP contribution < -0.4 is 0 Å². The Labute approximate surface area is 115 Å². The molecule has 0 radical (unpaired) electrons. The second kappa shape index (κ2) is 5.25. The van der Waals surface area contributed by atoms with Crippen LogP contribution in [0.3, 0.4) is 0 Å². The molecule has 0 atom stereocenters. The number of hydrogen-bond acceptors (Lipinski definition) is 2. The molecule has 0 N–H and O–H groups in total. The first-order valence-electron chi connectivity index (χ1n) is 6.42. The van der Waals surface area contributed by atoms with Crippen LogP contribution in [0.5, 0.6) is 0 Å². The third kappa shape index (κ3) is 2.32. The number of fused-ring (bicyclic) bond motifs is 1. The Morgan fingerprint density at radius 1 is 1.15 bits per heavy atom. The Hall–Kier alpha value is -2.49. The lowest BCUT2D eigenvalue weighted by Gasteiger charge is -2.07. The molecule has 0 unspecified atom stereocenters. The lowest BCUT2D eigenvalue weighted by Crippen LogP contribution is -2.05. The number of aryl methyl sites for hydroxylation is 1. The molecule has 20 heavy (non-hydrogen) atoms. The van der Waals surface area contributed by atoms with E-state index >= 15 is 0 Å². The molecule has 3 aromatic rings. The molecule has 0 aliphatic carbocycles. The Morgan fingerprint density at radius 2 is 1.95 bits per heavy atom. The fraction of sp³-hybridized carbons (Fsp3) is 0.125. The number of aromatic nitrogens is 2. The molecule has 0 amide bonds. The molecule has 4 heteroatoms. The normalized spacial score (nSPS) is 10.8. The van der Waals surface area contributed by atoms with Gasteiger partial charge in [-0.3, -0.25) is 4.79 Å². The van der Waals surface area contributed by atoms with Crippen LogP contribution in [0.4, 0.5) is 4.39 Å². The summed E-state index contributed by atoms with van der Waals surface area (Å²) in [6, 6.07) is 9.97. The second-order valence-corrected chi connectivity index (χ2v) is 4.61. The van der Waals surface area contributed by atoms with Gasteiger partial charge in [-0.25, -0.2) is 9.37 Å². The standard InChI is InChI=1S/C16H13FN2O/c17-15-6-5-14(12-3-1-2-4-13(12)15)16(20)7-9-19-10-8-18-11-19/h1-6,8,10-11H,7,9H2. The quantitative estimate of drug-likeness (QED) is 0.679. The number of halogens is 1. The van der Waals surface area contributed by atoms with Crippen molar-refractivity contribution in [3.63, 3.8) is 0 Å². The maximum absolute atomic E-state index is 13.7. The highest BCUT2D eigenvalue weighted by Crippen LogP contribution is 2.23.